The number of hydrogen-bond acceptors (Lipinski definition) is 5. The Morgan fingerprint density at radius 3 is 2.71 bits per heavy atom. The van der Waals surface area contributed by atoms with E-state index in [9.17, 15) is 9.18 Å². The second-order valence-electron chi connectivity index (χ2n) is 8.06. The smallest absolute Gasteiger partial charge is 0.267 e. The number of halogens is 1. The maximum atomic E-state index is 14.2. The van der Waals surface area contributed by atoms with Crippen molar-refractivity contribution in [1.82, 2.24) is 9.88 Å². The van der Waals surface area contributed by atoms with Crippen molar-refractivity contribution in [3.63, 3.8) is 0 Å². The Hall–Kier alpha value is -3.35. The Morgan fingerprint density at radius 2 is 1.90 bits per heavy atom. The lowest BCUT2D eigenvalue weighted by molar-refractivity contribution is -0.142. The number of pyridine rings is 1. The number of nitrogens with one attached hydrogen (secondary N) is 1. The molecule has 2 aliphatic heterocycles. The van der Waals surface area contributed by atoms with Crippen LogP contribution in [-0.2, 0) is 4.79 Å². The van der Waals surface area contributed by atoms with E-state index >= 15 is 0 Å². The van der Waals surface area contributed by atoms with Crippen LogP contribution in [-0.4, -0.2) is 47.6 Å². The molecule has 1 fully saturated rings. The van der Waals surface area contributed by atoms with Crippen molar-refractivity contribution < 1.29 is 18.7 Å². The van der Waals surface area contributed by atoms with Gasteiger partial charge in [-0.2, -0.15) is 0 Å². The van der Waals surface area contributed by atoms with E-state index in [0.717, 1.165) is 29.6 Å². The molecule has 0 saturated carbocycles. The van der Waals surface area contributed by atoms with E-state index in [1.54, 1.807) is 6.07 Å². The Bertz CT molecular complexity index is 1130. The molecule has 2 aliphatic rings. The van der Waals surface area contributed by atoms with Crippen molar-refractivity contribution in [2.45, 2.75) is 31.9 Å². The molecule has 0 bridgehead atoms. The molecule has 1 saturated heterocycles. The molecule has 5 rings (SSSR count). The van der Waals surface area contributed by atoms with Crippen molar-refractivity contribution in [2.24, 2.45) is 0 Å². The van der Waals surface area contributed by atoms with Crippen molar-refractivity contribution in [3.05, 3.63) is 60.0 Å². The molecule has 1 unspecified atom stereocenters. The highest BCUT2D eigenvalue weighted by Crippen LogP contribution is 2.32. The first kappa shape index (κ1) is 19.6. The third-order valence-electron chi connectivity index (χ3n) is 5.87. The highest BCUT2D eigenvalue weighted by Gasteiger charge is 2.33. The van der Waals surface area contributed by atoms with Crippen LogP contribution in [0.3, 0.4) is 0 Å². The summed E-state index contributed by atoms with van der Waals surface area (Å²) in [4.78, 5) is 19.1. The van der Waals surface area contributed by atoms with Crippen molar-refractivity contribution in [3.8, 4) is 11.5 Å². The first-order valence-electron chi connectivity index (χ1n) is 10.6. The summed E-state index contributed by atoms with van der Waals surface area (Å²) in [6, 6.07) is 14.5. The number of benzene rings is 2. The summed E-state index contributed by atoms with van der Waals surface area (Å²) in [5, 5.41) is 4.32. The number of nitrogens with zero attached hydrogens (tertiary/aromatic N) is 2. The molecule has 7 heteroatoms. The number of anilines is 1. The lowest BCUT2D eigenvalue weighted by atomic mass is 10.0. The number of rotatable bonds is 3. The van der Waals surface area contributed by atoms with Gasteiger partial charge in [0.15, 0.2) is 11.5 Å². The Kier molecular flexibility index (Phi) is 5.10. The summed E-state index contributed by atoms with van der Waals surface area (Å²) in [5.74, 6) is 0.919. The van der Waals surface area contributed by atoms with Gasteiger partial charge in [0.2, 0.25) is 6.10 Å². The Morgan fingerprint density at radius 1 is 1.13 bits per heavy atom. The average molecular weight is 421 g/mol. The molecule has 6 nitrogen and oxygen atoms in total. The third-order valence-corrected chi connectivity index (χ3v) is 5.87. The van der Waals surface area contributed by atoms with Crippen LogP contribution in [0.5, 0.6) is 11.5 Å². The van der Waals surface area contributed by atoms with Gasteiger partial charge in [0.25, 0.3) is 5.91 Å². The predicted molar refractivity (Wildman–Crippen MR) is 116 cm³/mol. The molecule has 1 aromatic heterocycles. The highest BCUT2D eigenvalue weighted by atomic mass is 19.1. The second-order valence-corrected chi connectivity index (χ2v) is 8.06. The minimum atomic E-state index is -0.617. The number of fused-ring (bicyclic) bond motifs is 2. The normalized spacial score (nSPS) is 18.8. The van der Waals surface area contributed by atoms with Gasteiger partial charge in [0.05, 0.1) is 0 Å². The fraction of sp³-hybridized carbons (Fsp3) is 0.333. The monoisotopic (exact) mass is 421 g/mol. The topological polar surface area (TPSA) is 63.7 Å². The van der Waals surface area contributed by atoms with E-state index in [4.69, 9.17) is 9.47 Å². The lowest BCUT2D eigenvalue weighted by Crippen LogP contribution is -2.50. The van der Waals surface area contributed by atoms with Gasteiger partial charge in [-0.3, -0.25) is 4.79 Å². The van der Waals surface area contributed by atoms with Gasteiger partial charge < -0.3 is 19.7 Å². The minimum absolute atomic E-state index is 0.0415. The predicted octanol–water partition coefficient (Wildman–Crippen LogP) is 3.93. The molecule has 2 aromatic carbocycles. The maximum Gasteiger partial charge on any atom is 0.267 e. The first-order chi connectivity index (χ1) is 15.1. The van der Waals surface area contributed by atoms with Gasteiger partial charge in [-0.05, 0) is 44.0 Å². The standard InChI is InChI=1S/C24H24FN3O3/c1-15-13-19(17-5-4-6-18(25)23(17)26-15)27-16-9-11-28(12-10-16)24(29)22-14-30-20-7-2-3-8-21(20)31-22/h2-8,13,16,22H,9-12,14H2,1H3,(H,26,27). The number of piperidine rings is 1. The van der Waals surface area contributed by atoms with Crippen LogP contribution in [0.25, 0.3) is 10.9 Å². The molecule has 0 spiro atoms. The summed E-state index contributed by atoms with van der Waals surface area (Å²) < 4.78 is 25.7. The summed E-state index contributed by atoms with van der Waals surface area (Å²) in [7, 11) is 0. The van der Waals surface area contributed by atoms with E-state index in [0.29, 0.717) is 30.1 Å². The Balaban J connectivity index is 1.23. The summed E-state index contributed by atoms with van der Waals surface area (Å²) in [6.45, 7) is 3.35. The fourth-order valence-corrected chi connectivity index (χ4v) is 4.27. The SMILES string of the molecule is Cc1cc(NC2CCN(C(=O)C3COc4ccccc4O3)CC2)c2cccc(F)c2n1. The Labute approximate surface area is 180 Å². The zero-order chi connectivity index (χ0) is 21.4. The number of aromatic nitrogens is 1. The van der Waals surface area contributed by atoms with Crippen LogP contribution in [0.1, 0.15) is 18.5 Å². The highest BCUT2D eigenvalue weighted by molar-refractivity contribution is 5.92. The van der Waals surface area contributed by atoms with Gasteiger partial charge in [-0.25, -0.2) is 9.37 Å². The number of ether oxygens (including phenoxy) is 2. The van der Waals surface area contributed by atoms with E-state index in [2.05, 4.69) is 10.3 Å². The number of likely N-dealkylation sites (tertiary alicyclic amines) is 1. The molecule has 1 N–H and O–H groups in total. The van der Waals surface area contributed by atoms with Crippen molar-refractivity contribution in [1.29, 1.82) is 0 Å². The molecular formula is C24H24FN3O3. The molecule has 1 amide bonds. The van der Waals surface area contributed by atoms with Crippen LogP contribution in [0.2, 0.25) is 0 Å². The first-order valence-corrected chi connectivity index (χ1v) is 10.6. The van der Waals surface area contributed by atoms with Gasteiger partial charge in [0, 0.05) is 35.9 Å². The molecule has 3 aromatic rings. The van der Waals surface area contributed by atoms with Crippen LogP contribution in [0.4, 0.5) is 10.1 Å². The summed E-state index contributed by atoms with van der Waals surface area (Å²) in [5.41, 5.74) is 2.03. The number of aryl methyl sites for hydroxylation is 1. The molecule has 31 heavy (non-hydrogen) atoms. The van der Waals surface area contributed by atoms with E-state index in [1.165, 1.54) is 6.07 Å². The van der Waals surface area contributed by atoms with E-state index in [-0.39, 0.29) is 24.4 Å². The van der Waals surface area contributed by atoms with Crippen LogP contribution < -0.4 is 14.8 Å². The van der Waals surface area contributed by atoms with Crippen molar-refractivity contribution >= 4 is 22.5 Å². The quantitative estimate of drug-likeness (QED) is 0.694. The van der Waals surface area contributed by atoms with Crippen LogP contribution >= 0.6 is 0 Å². The average Bonchev–Trinajstić information content (AvgIpc) is 2.79. The van der Waals surface area contributed by atoms with Gasteiger partial charge in [0.1, 0.15) is 17.9 Å². The molecule has 0 aliphatic carbocycles. The maximum absolute atomic E-state index is 14.2. The van der Waals surface area contributed by atoms with Crippen LogP contribution in [0.15, 0.2) is 48.5 Å². The fourth-order valence-electron chi connectivity index (χ4n) is 4.27. The summed E-state index contributed by atoms with van der Waals surface area (Å²) >= 11 is 0. The number of hydrogen-bond donors (Lipinski definition) is 1. The largest absolute Gasteiger partial charge is 0.485 e. The van der Waals surface area contributed by atoms with Gasteiger partial charge in [-0.15, -0.1) is 0 Å². The van der Waals surface area contributed by atoms with Crippen LogP contribution in [0, 0.1) is 12.7 Å². The molecule has 1 atom stereocenters. The molecular weight excluding hydrogens is 397 g/mol. The molecule has 0 radical (unpaired) electrons. The molecule has 3 heterocycles. The molecule has 160 valence electrons. The van der Waals surface area contributed by atoms with Gasteiger partial charge in [-0.1, -0.05) is 24.3 Å². The minimum Gasteiger partial charge on any atom is -0.485 e. The number of para-hydroxylation sites is 3. The van der Waals surface area contributed by atoms with E-state index in [1.807, 2.05) is 48.2 Å². The third kappa shape index (κ3) is 3.87. The number of carbonyl (C=O) groups excluding carboxylic acids is 1. The van der Waals surface area contributed by atoms with E-state index < -0.39 is 6.10 Å². The lowest BCUT2D eigenvalue weighted by Gasteiger charge is -2.36. The zero-order valence-electron chi connectivity index (χ0n) is 17.3. The zero-order valence-corrected chi connectivity index (χ0v) is 17.3. The second kappa shape index (κ2) is 8.06. The number of amides is 1. The summed E-state index contributed by atoms with van der Waals surface area (Å²) in [6.07, 6.45) is 0.983. The number of carbonyl (C=O) groups is 1. The van der Waals surface area contributed by atoms with Crippen molar-refractivity contribution in [2.75, 3.05) is 25.0 Å². The van der Waals surface area contributed by atoms with Gasteiger partial charge >= 0.3 is 0 Å².